The largest absolute Gasteiger partial charge is 0.481 e. The Morgan fingerprint density at radius 2 is 1.40 bits per heavy atom. The van der Waals surface area contributed by atoms with Crippen molar-refractivity contribution >= 4 is 17.9 Å². The van der Waals surface area contributed by atoms with Crippen LogP contribution in [0.5, 0.6) is 0 Å². The summed E-state index contributed by atoms with van der Waals surface area (Å²) >= 11 is 0. The number of carbonyl (C=O) groups excluding carboxylic acids is 1. The van der Waals surface area contributed by atoms with Crippen LogP contribution in [0.15, 0.2) is 0 Å². The summed E-state index contributed by atoms with van der Waals surface area (Å²) in [6.07, 6.45) is -2.04. The fourth-order valence-electron chi connectivity index (χ4n) is 0.882. The van der Waals surface area contributed by atoms with E-state index in [-0.39, 0.29) is 25.9 Å². The van der Waals surface area contributed by atoms with Crippen molar-refractivity contribution in [2.75, 3.05) is 6.61 Å². The van der Waals surface area contributed by atoms with Gasteiger partial charge >= 0.3 is 17.9 Å². The second kappa shape index (κ2) is 12.3. The second-order valence-corrected chi connectivity index (χ2v) is 3.78. The molecule has 0 aromatic heterocycles. The first kappa shape index (κ1) is 20.6. The molecule has 0 aromatic rings. The smallest absolute Gasteiger partial charge is 0.306 e. The average molecular weight is 295 g/mol. The molecule has 0 aromatic carbocycles. The normalized spacial score (nSPS) is 12.6. The third kappa shape index (κ3) is 21.6. The standard InChI is InChI=1S/C7H10O6.C4H11NO2/c8-5(9)1-2-7(12)13-4-3-6(10)11;1-3(6)5-4(2)7/h1-4H2,(H,8,9)(H,10,11);3-7H,1-2H3. The predicted octanol–water partition coefficient (Wildman–Crippen LogP) is -0.878. The quantitative estimate of drug-likeness (QED) is 0.284. The van der Waals surface area contributed by atoms with Gasteiger partial charge in [0.1, 0.15) is 19.1 Å². The molecule has 20 heavy (non-hydrogen) atoms. The van der Waals surface area contributed by atoms with Gasteiger partial charge in [-0.3, -0.25) is 19.7 Å². The molecule has 0 aliphatic heterocycles. The summed E-state index contributed by atoms with van der Waals surface area (Å²) in [5, 5.41) is 35.7. The summed E-state index contributed by atoms with van der Waals surface area (Å²) in [6.45, 7) is 2.88. The van der Waals surface area contributed by atoms with Gasteiger partial charge in [0.25, 0.3) is 0 Å². The summed E-state index contributed by atoms with van der Waals surface area (Å²) < 4.78 is 4.42. The molecular weight excluding hydrogens is 274 g/mol. The van der Waals surface area contributed by atoms with E-state index >= 15 is 0 Å². The lowest BCUT2D eigenvalue weighted by Gasteiger charge is -2.08. The first-order valence-corrected chi connectivity index (χ1v) is 5.86. The van der Waals surface area contributed by atoms with Gasteiger partial charge in [-0.1, -0.05) is 0 Å². The summed E-state index contributed by atoms with van der Waals surface area (Å²) in [4.78, 5) is 30.6. The molecule has 0 fully saturated rings. The van der Waals surface area contributed by atoms with Crippen LogP contribution >= 0.6 is 0 Å². The first-order chi connectivity index (χ1) is 9.15. The van der Waals surface area contributed by atoms with Gasteiger partial charge in [-0.15, -0.1) is 0 Å². The number of aliphatic hydroxyl groups excluding tert-OH is 2. The number of ether oxygens (including phenoxy) is 1. The van der Waals surface area contributed by atoms with Crippen LogP contribution in [0.4, 0.5) is 0 Å². The maximum atomic E-state index is 10.7. The van der Waals surface area contributed by atoms with Gasteiger partial charge in [-0.2, -0.15) is 0 Å². The van der Waals surface area contributed by atoms with Crippen LogP contribution in [0.1, 0.15) is 33.1 Å². The Morgan fingerprint density at radius 1 is 0.950 bits per heavy atom. The Morgan fingerprint density at radius 3 is 1.70 bits per heavy atom. The van der Waals surface area contributed by atoms with Crippen LogP contribution in [0.3, 0.4) is 0 Å². The third-order valence-corrected chi connectivity index (χ3v) is 1.60. The van der Waals surface area contributed by atoms with Crippen molar-refractivity contribution in [1.82, 2.24) is 5.32 Å². The Bertz CT molecular complexity index is 297. The zero-order valence-electron chi connectivity index (χ0n) is 11.4. The number of carboxylic acid groups (broad SMARTS) is 2. The van der Waals surface area contributed by atoms with Crippen LogP contribution in [-0.2, 0) is 19.1 Å². The number of carboxylic acids is 2. The summed E-state index contributed by atoms with van der Waals surface area (Å²) in [5.41, 5.74) is 0. The zero-order valence-corrected chi connectivity index (χ0v) is 11.4. The van der Waals surface area contributed by atoms with Crippen molar-refractivity contribution in [3.63, 3.8) is 0 Å². The van der Waals surface area contributed by atoms with Crippen LogP contribution in [-0.4, -0.2) is 57.4 Å². The minimum atomic E-state index is -1.09. The highest BCUT2D eigenvalue weighted by Gasteiger charge is 2.07. The Balaban J connectivity index is 0. The van der Waals surface area contributed by atoms with E-state index in [9.17, 15) is 14.4 Å². The van der Waals surface area contributed by atoms with E-state index < -0.39 is 30.4 Å². The fourth-order valence-corrected chi connectivity index (χ4v) is 0.882. The second-order valence-electron chi connectivity index (χ2n) is 3.78. The first-order valence-electron chi connectivity index (χ1n) is 5.86. The third-order valence-electron chi connectivity index (χ3n) is 1.60. The minimum absolute atomic E-state index is 0.214. The highest BCUT2D eigenvalue weighted by atomic mass is 16.5. The van der Waals surface area contributed by atoms with Crippen molar-refractivity contribution in [3.05, 3.63) is 0 Å². The Hall–Kier alpha value is -1.71. The van der Waals surface area contributed by atoms with Crippen molar-refractivity contribution < 1.29 is 39.5 Å². The van der Waals surface area contributed by atoms with Gasteiger partial charge in [0, 0.05) is 0 Å². The van der Waals surface area contributed by atoms with Crippen molar-refractivity contribution in [2.24, 2.45) is 0 Å². The predicted molar refractivity (Wildman–Crippen MR) is 66.6 cm³/mol. The summed E-state index contributed by atoms with van der Waals surface area (Å²) in [7, 11) is 0. The molecule has 0 heterocycles. The number of carbonyl (C=O) groups is 3. The van der Waals surface area contributed by atoms with Crippen molar-refractivity contribution in [2.45, 2.75) is 45.6 Å². The van der Waals surface area contributed by atoms with Gasteiger partial charge in [0.15, 0.2) is 0 Å². The molecule has 0 spiro atoms. The van der Waals surface area contributed by atoms with Crippen molar-refractivity contribution in [1.29, 1.82) is 0 Å². The molecule has 0 saturated carbocycles. The molecular formula is C11H21NO8. The lowest BCUT2D eigenvalue weighted by molar-refractivity contribution is -0.149. The van der Waals surface area contributed by atoms with E-state index in [2.05, 4.69) is 10.1 Å². The maximum absolute atomic E-state index is 10.7. The number of hydrogen-bond donors (Lipinski definition) is 5. The lowest BCUT2D eigenvalue weighted by atomic mass is 10.3. The minimum Gasteiger partial charge on any atom is -0.481 e. The molecule has 0 aliphatic carbocycles. The summed E-state index contributed by atoms with van der Waals surface area (Å²) in [5.74, 6) is -2.84. The van der Waals surface area contributed by atoms with Gasteiger partial charge in [0.2, 0.25) is 0 Å². The van der Waals surface area contributed by atoms with Crippen LogP contribution in [0, 0.1) is 0 Å². The van der Waals surface area contributed by atoms with Gasteiger partial charge in [-0.05, 0) is 13.8 Å². The molecule has 0 saturated heterocycles. The molecule has 0 radical (unpaired) electrons. The topological polar surface area (TPSA) is 153 Å². The summed E-state index contributed by atoms with van der Waals surface area (Å²) in [6, 6.07) is 0. The molecule has 9 heteroatoms. The zero-order chi connectivity index (χ0) is 16.1. The van der Waals surface area contributed by atoms with E-state index in [0.29, 0.717) is 0 Å². The van der Waals surface area contributed by atoms with Crippen molar-refractivity contribution in [3.8, 4) is 0 Å². The van der Waals surface area contributed by atoms with Gasteiger partial charge in [-0.25, -0.2) is 0 Å². The maximum Gasteiger partial charge on any atom is 0.306 e. The van der Waals surface area contributed by atoms with E-state index in [1.54, 1.807) is 13.8 Å². The van der Waals surface area contributed by atoms with Crippen LogP contribution in [0.2, 0.25) is 0 Å². The number of esters is 1. The molecule has 0 aliphatic rings. The monoisotopic (exact) mass is 295 g/mol. The molecule has 118 valence electrons. The van der Waals surface area contributed by atoms with E-state index in [1.807, 2.05) is 0 Å². The number of nitrogens with one attached hydrogen (secondary N) is 1. The SMILES string of the molecule is CC(O)NC(C)O.O=C(O)CCOC(=O)CCC(=O)O. The van der Waals surface area contributed by atoms with Crippen LogP contribution < -0.4 is 5.32 Å². The lowest BCUT2D eigenvalue weighted by Crippen LogP contribution is -2.33. The number of hydrogen-bond acceptors (Lipinski definition) is 7. The van der Waals surface area contributed by atoms with Gasteiger partial charge < -0.3 is 25.2 Å². The fraction of sp³-hybridized carbons (Fsp3) is 0.727. The van der Waals surface area contributed by atoms with Gasteiger partial charge in [0.05, 0.1) is 19.3 Å². The number of aliphatic carboxylic acids is 2. The Kier molecular flexibility index (Phi) is 12.7. The highest BCUT2D eigenvalue weighted by Crippen LogP contribution is 1.93. The molecule has 2 atom stereocenters. The van der Waals surface area contributed by atoms with Crippen LogP contribution in [0.25, 0.3) is 0 Å². The molecule has 0 bridgehead atoms. The number of rotatable bonds is 8. The molecule has 9 nitrogen and oxygen atoms in total. The Labute approximate surface area is 116 Å². The number of aliphatic hydroxyl groups is 2. The van der Waals surface area contributed by atoms with E-state index in [4.69, 9.17) is 20.4 Å². The average Bonchev–Trinajstić information content (AvgIpc) is 2.24. The van der Waals surface area contributed by atoms with E-state index in [0.717, 1.165) is 0 Å². The molecule has 0 amide bonds. The molecule has 5 N–H and O–H groups in total. The van der Waals surface area contributed by atoms with E-state index in [1.165, 1.54) is 0 Å². The molecule has 0 rings (SSSR count). The highest BCUT2D eigenvalue weighted by molar-refractivity contribution is 5.76. The molecule has 2 unspecified atom stereocenters.